The Morgan fingerprint density at radius 1 is 1.43 bits per heavy atom. The summed E-state index contributed by atoms with van der Waals surface area (Å²) in [5, 5.41) is 7.51. The van der Waals surface area contributed by atoms with Crippen molar-refractivity contribution in [3.8, 4) is 0 Å². The van der Waals surface area contributed by atoms with E-state index < -0.39 is 0 Å². The molecule has 1 N–H and O–H groups in total. The molecule has 4 nitrogen and oxygen atoms in total. The fourth-order valence-electron chi connectivity index (χ4n) is 2.51. The van der Waals surface area contributed by atoms with Gasteiger partial charge in [0.25, 0.3) is 5.91 Å². The van der Waals surface area contributed by atoms with Gasteiger partial charge in [-0.3, -0.25) is 9.48 Å². The number of amides is 1. The van der Waals surface area contributed by atoms with Crippen LogP contribution in [0, 0.1) is 10.5 Å². The number of nitrogens with zero attached hydrogens (tertiary/aromatic N) is 2. The third-order valence-electron chi connectivity index (χ3n) is 3.80. The minimum atomic E-state index is 0.0176. The lowest BCUT2D eigenvalue weighted by atomic mass is 10.0. The monoisotopic (exact) mass is 395 g/mol. The summed E-state index contributed by atoms with van der Waals surface area (Å²) in [6.45, 7) is 1.90. The van der Waals surface area contributed by atoms with Gasteiger partial charge in [-0.15, -0.1) is 0 Å². The number of rotatable bonds is 4. The number of carbonyl (C=O) groups is 1. The Morgan fingerprint density at radius 3 is 2.81 bits per heavy atom. The van der Waals surface area contributed by atoms with Crippen molar-refractivity contribution in [2.75, 3.05) is 0 Å². The van der Waals surface area contributed by atoms with Gasteiger partial charge >= 0.3 is 0 Å². The lowest BCUT2D eigenvalue weighted by Crippen LogP contribution is -2.27. The summed E-state index contributed by atoms with van der Waals surface area (Å²) in [4.78, 5) is 12.5. The third-order valence-corrected chi connectivity index (χ3v) is 4.85. The van der Waals surface area contributed by atoms with Crippen LogP contribution >= 0.6 is 22.6 Å². The fourth-order valence-corrected chi connectivity index (χ4v) is 3.09. The van der Waals surface area contributed by atoms with Crippen molar-refractivity contribution in [3.63, 3.8) is 0 Å². The van der Waals surface area contributed by atoms with Crippen molar-refractivity contribution >= 4 is 28.5 Å². The van der Waals surface area contributed by atoms with E-state index in [4.69, 9.17) is 0 Å². The van der Waals surface area contributed by atoms with Gasteiger partial charge in [0.2, 0.25) is 0 Å². The molecule has 0 saturated heterocycles. The van der Waals surface area contributed by atoms with Crippen LogP contribution in [0.1, 0.15) is 40.2 Å². The average Bonchev–Trinajstić information content (AvgIpc) is 3.19. The first-order chi connectivity index (χ1) is 10.1. The van der Waals surface area contributed by atoms with Crippen molar-refractivity contribution in [1.29, 1.82) is 0 Å². The molecule has 1 saturated carbocycles. The smallest absolute Gasteiger partial charge is 0.255 e. The molecule has 0 bridgehead atoms. The summed E-state index contributed by atoms with van der Waals surface area (Å²) in [6, 6.07) is 8.61. The quantitative estimate of drug-likeness (QED) is 0.810. The summed E-state index contributed by atoms with van der Waals surface area (Å²) in [5.41, 5.74) is 3.75. The molecule has 1 fully saturated rings. The summed E-state index contributed by atoms with van der Waals surface area (Å²) in [6.07, 6.45) is 2.91. The summed E-state index contributed by atoms with van der Waals surface area (Å²) in [7, 11) is 1.91. The van der Waals surface area contributed by atoms with Crippen LogP contribution in [0.2, 0.25) is 0 Å². The minimum absolute atomic E-state index is 0.0176. The van der Waals surface area contributed by atoms with Crippen LogP contribution in [-0.4, -0.2) is 21.7 Å². The average molecular weight is 395 g/mol. The third kappa shape index (κ3) is 3.12. The molecular weight excluding hydrogens is 377 g/mol. The molecule has 1 amide bonds. The highest BCUT2D eigenvalue weighted by Gasteiger charge is 2.27. The van der Waals surface area contributed by atoms with E-state index in [1.54, 1.807) is 0 Å². The number of hydrogen-bond donors (Lipinski definition) is 1. The molecule has 3 rings (SSSR count). The molecule has 0 unspecified atom stereocenters. The van der Waals surface area contributed by atoms with Crippen molar-refractivity contribution in [2.24, 2.45) is 7.05 Å². The Kier molecular flexibility index (Phi) is 4.01. The van der Waals surface area contributed by atoms with Gasteiger partial charge in [-0.05, 0) is 54.0 Å². The van der Waals surface area contributed by atoms with E-state index in [0.29, 0.717) is 6.04 Å². The van der Waals surface area contributed by atoms with E-state index in [9.17, 15) is 4.79 Å². The number of benzene rings is 1. The predicted octanol–water partition coefficient (Wildman–Crippen LogP) is 2.82. The number of nitrogens with one attached hydrogen (secondary N) is 1. The van der Waals surface area contributed by atoms with Gasteiger partial charge in [0.05, 0.1) is 17.0 Å². The molecule has 21 heavy (non-hydrogen) atoms. The van der Waals surface area contributed by atoms with E-state index in [0.717, 1.165) is 36.2 Å². The summed E-state index contributed by atoms with van der Waals surface area (Å²) in [5.74, 6) is 0.0176. The molecule has 1 aliphatic carbocycles. The number of hydrogen-bond acceptors (Lipinski definition) is 2. The maximum Gasteiger partial charge on any atom is 0.255 e. The molecule has 0 aliphatic heterocycles. The lowest BCUT2D eigenvalue weighted by Gasteiger charge is -2.09. The topological polar surface area (TPSA) is 46.9 Å². The maximum atomic E-state index is 12.5. The van der Waals surface area contributed by atoms with Crippen LogP contribution in [0.3, 0.4) is 0 Å². The van der Waals surface area contributed by atoms with Crippen LogP contribution in [-0.2, 0) is 13.5 Å². The zero-order valence-electron chi connectivity index (χ0n) is 12.2. The Hall–Kier alpha value is -1.37. The van der Waals surface area contributed by atoms with E-state index in [-0.39, 0.29) is 5.91 Å². The Bertz CT molecular complexity index is 689. The Morgan fingerprint density at radius 2 is 2.14 bits per heavy atom. The van der Waals surface area contributed by atoms with Crippen LogP contribution in [0.4, 0.5) is 0 Å². The first-order valence-electron chi connectivity index (χ1n) is 7.13. The van der Waals surface area contributed by atoms with Gasteiger partial charge in [0.1, 0.15) is 0 Å². The van der Waals surface area contributed by atoms with Crippen LogP contribution in [0.5, 0.6) is 0 Å². The van der Waals surface area contributed by atoms with E-state index in [2.05, 4.69) is 45.1 Å². The standard InChI is InChI=1S/C16H18IN3O/c1-10-15(16(21)18-12-7-8-12)14(20(2)19-10)9-11-5-3-4-6-13(11)17/h3-6,12H,7-9H2,1-2H3,(H,18,21). The van der Waals surface area contributed by atoms with Crippen molar-refractivity contribution < 1.29 is 4.79 Å². The molecule has 2 aromatic rings. The first-order valence-corrected chi connectivity index (χ1v) is 8.21. The zero-order valence-corrected chi connectivity index (χ0v) is 14.3. The number of aromatic nitrogens is 2. The second-order valence-electron chi connectivity index (χ2n) is 5.55. The molecule has 1 aliphatic rings. The second-order valence-corrected chi connectivity index (χ2v) is 6.71. The fraction of sp³-hybridized carbons (Fsp3) is 0.375. The highest BCUT2D eigenvalue weighted by molar-refractivity contribution is 14.1. The number of carbonyl (C=O) groups excluding carboxylic acids is 1. The largest absolute Gasteiger partial charge is 0.349 e. The molecule has 0 spiro atoms. The van der Waals surface area contributed by atoms with Crippen LogP contribution < -0.4 is 5.32 Å². The highest BCUT2D eigenvalue weighted by Crippen LogP contribution is 2.23. The van der Waals surface area contributed by atoms with Crippen molar-refractivity contribution in [1.82, 2.24) is 15.1 Å². The van der Waals surface area contributed by atoms with Gasteiger partial charge in [-0.2, -0.15) is 5.10 Å². The molecule has 0 atom stereocenters. The molecule has 0 radical (unpaired) electrons. The molecule has 1 aromatic carbocycles. The van der Waals surface area contributed by atoms with Gasteiger partial charge < -0.3 is 5.32 Å². The molecule has 110 valence electrons. The number of halogens is 1. The molecular formula is C16H18IN3O. The highest BCUT2D eigenvalue weighted by atomic mass is 127. The normalized spacial score (nSPS) is 14.2. The lowest BCUT2D eigenvalue weighted by molar-refractivity contribution is 0.0949. The van der Waals surface area contributed by atoms with E-state index >= 15 is 0 Å². The Labute approximate surface area is 138 Å². The second kappa shape index (κ2) is 5.79. The van der Waals surface area contributed by atoms with Gasteiger partial charge in [-0.1, -0.05) is 18.2 Å². The van der Waals surface area contributed by atoms with Gasteiger partial charge in [-0.25, -0.2) is 0 Å². The SMILES string of the molecule is Cc1nn(C)c(Cc2ccccc2I)c1C(=O)NC1CC1. The van der Waals surface area contributed by atoms with Crippen molar-refractivity contribution in [2.45, 2.75) is 32.2 Å². The minimum Gasteiger partial charge on any atom is -0.349 e. The molecule has 1 aromatic heterocycles. The molecule has 1 heterocycles. The van der Waals surface area contributed by atoms with Crippen LogP contribution in [0.15, 0.2) is 24.3 Å². The summed E-state index contributed by atoms with van der Waals surface area (Å²) >= 11 is 2.33. The first kappa shape index (κ1) is 14.6. The number of aryl methyl sites for hydroxylation is 2. The predicted molar refractivity (Wildman–Crippen MR) is 90.4 cm³/mol. The zero-order chi connectivity index (χ0) is 15.0. The van der Waals surface area contributed by atoms with E-state index in [1.165, 1.54) is 9.13 Å². The van der Waals surface area contributed by atoms with Gasteiger partial charge in [0, 0.05) is 23.1 Å². The van der Waals surface area contributed by atoms with Crippen LogP contribution in [0.25, 0.3) is 0 Å². The summed E-state index contributed by atoms with van der Waals surface area (Å²) < 4.78 is 3.04. The molecule has 5 heteroatoms. The Balaban J connectivity index is 1.93. The van der Waals surface area contributed by atoms with Gasteiger partial charge in [0.15, 0.2) is 0 Å². The maximum absolute atomic E-state index is 12.5. The van der Waals surface area contributed by atoms with Crippen molar-refractivity contribution in [3.05, 3.63) is 50.4 Å². The van der Waals surface area contributed by atoms with E-state index in [1.807, 2.05) is 30.8 Å².